The zero-order valence-electron chi connectivity index (χ0n) is 20.8. The van der Waals surface area contributed by atoms with Gasteiger partial charge in [0.2, 0.25) is 10.0 Å². The van der Waals surface area contributed by atoms with Gasteiger partial charge in [-0.05, 0) is 94.3 Å². The number of benzene rings is 2. The fourth-order valence-corrected chi connectivity index (χ4v) is 6.73. The molecule has 2 amide bonds. The van der Waals surface area contributed by atoms with Crippen molar-refractivity contribution in [1.82, 2.24) is 9.21 Å². The van der Waals surface area contributed by atoms with Gasteiger partial charge in [0, 0.05) is 42.5 Å². The van der Waals surface area contributed by atoms with Crippen molar-refractivity contribution in [3.8, 4) is 0 Å². The summed E-state index contributed by atoms with van der Waals surface area (Å²) >= 11 is 0. The highest BCUT2D eigenvalue weighted by atomic mass is 32.2. The van der Waals surface area contributed by atoms with Gasteiger partial charge in [0.1, 0.15) is 0 Å². The molecule has 0 spiro atoms. The third kappa shape index (κ3) is 5.43. The number of carbonyl (C=O) groups excluding carboxylic acids is 2. The summed E-state index contributed by atoms with van der Waals surface area (Å²) < 4.78 is 27.9. The van der Waals surface area contributed by atoms with E-state index >= 15 is 0 Å². The summed E-state index contributed by atoms with van der Waals surface area (Å²) in [6, 6.07) is 10.3. The standard InChI is InChI=1S/C27H35N3O4S/c1-19-10-11-22(18-25(19)35(33,34)29-14-6-4-7-15-29)26(31)28-24-13-12-23(17-20(24)2)27(32)30-16-8-5-9-21(30)3/h10-13,17-18,21H,4-9,14-16H2,1-3H3,(H,28,31). The van der Waals surface area contributed by atoms with Crippen LogP contribution in [-0.2, 0) is 10.0 Å². The van der Waals surface area contributed by atoms with Gasteiger partial charge in [-0.25, -0.2) is 8.42 Å². The first-order valence-electron chi connectivity index (χ1n) is 12.5. The van der Waals surface area contributed by atoms with Crippen LogP contribution in [0, 0.1) is 13.8 Å². The second-order valence-electron chi connectivity index (χ2n) is 9.77. The average molecular weight is 498 g/mol. The predicted octanol–water partition coefficient (Wildman–Crippen LogP) is 4.74. The second kappa shape index (κ2) is 10.5. The minimum Gasteiger partial charge on any atom is -0.336 e. The molecule has 8 heteroatoms. The van der Waals surface area contributed by atoms with Crippen molar-refractivity contribution in [2.75, 3.05) is 25.0 Å². The largest absolute Gasteiger partial charge is 0.336 e. The SMILES string of the molecule is Cc1cc(C(=O)N2CCCCC2C)ccc1NC(=O)c1ccc(C)c(S(=O)(=O)N2CCCCC2)c1. The van der Waals surface area contributed by atoms with Gasteiger partial charge in [-0.15, -0.1) is 0 Å². The van der Waals surface area contributed by atoms with Crippen molar-refractivity contribution in [3.05, 3.63) is 58.7 Å². The molecule has 0 bridgehead atoms. The smallest absolute Gasteiger partial charge is 0.255 e. The number of carbonyl (C=O) groups is 2. The quantitative estimate of drug-likeness (QED) is 0.646. The van der Waals surface area contributed by atoms with E-state index in [0.29, 0.717) is 29.9 Å². The fourth-order valence-electron chi connectivity index (χ4n) is 4.96. The molecule has 2 aliphatic heterocycles. The lowest BCUT2D eigenvalue weighted by Crippen LogP contribution is -2.42. The van der Waals surface area contributed by atoms with Crippen molar-refractivity contribution in [3.63, 3.8) is 0 Å². The van der Waals surface area contributed by atoms with Gasteiger partial charge < -0.3 is 10.2 Å². The van der Waals surface area contributed by atoms with Crippen LogP contribution in [0.15, 0.2) is 41.3 Å². The molecule has 2 saturated heterocycles. The number of amides is 2. The lowest BCUT2D eigenvalue weighted by molar-refractivity contribution is 0.0635. The molecular weight excluding hydrogens is 462 g/mol. The summed E-state index contributed by atoms with van der Waals surface area (Å²) in [5.41, 5.74) is 2.90. The highest BCUT2D eigenvalue weighted by Crippen LogP contribution is 2.26. The zero-order valence-corrected chi connectivity index (χ0v) is 21.7. The van der Waals surface area contributed by atoms with Crippen molar-refractivity contribution >= 4 is 27.5 Å². The van der Waals surface area contributed by atoms with E-state index in [1.165, 1.54) is 10.4 Å². The number of anilines is 1. The zero-order chi connectivity index (χ0) is 25.2. The first-order valence-corrected chi connectivity index (χ1v) is 14.0. The van der Waals surface area contributed by atoms with Gasteiger partial charge in [0.25, 0.3) is 11.8 Å². The van der Waals surface area contributed by atoms with E-state index in [9.17, 15) is 18.0 Å². The normalized spacial score (nSPS) is 19.4. The average Bonchev–Trinajstić information content (AvgIpc) is 2.85. The summed E-state index contributed by atoms with van der Waals surface area (Å²) in [6.45, 7) is 7.49. The molecule has 7 nitrogen and oxygen atoms in total. The Kier molecular flexibility index (Phi) is 7.62. The van der Waals surface area contributed by atoms with E-state index in [-0.39, 0.29) is 28.3 Å². The van der Waals surface area contributed by atoms with Crippen LogP contribution in [0.5, 0.6) is 0 Å². The van der Waals surface area contributed by atoms with Crippen LogP contribution in [0.4, 0.5) is 5.69 Å². The van der Waals surface area contributed by atoms with Crippen LogP contribution < -0.4 is 5.32 Å². The lowest BCUT2D eigenvalue weighted by Gasteiger charge is -2.33. The number of hydrogen-bond acceptors (Lipinski definition) is 4. The highest BCUT2D eigenvalue weighted by Gasteiger charge is 2.28. The Balaban J connectivity index is 1.52. The first-order chi connectivity index (χ1) is 16.7. The molecule has 2 fully saturated rings. The topological polar surface area (TPSA) is 86.8 Å². The van der Waals surface area contributed by atoms with E-state index in [0.717, 1.165) is 50.6 Å². The maximum absolute atomic E-state index is 13.2. The number of hydrogen-bond donors (Lipinski definition) is 1. The van der Waals surface area contributed by atoms with Gasteiger partial charge in [0.15, 0.2) is 0 Å². The molecule has 0 radical (unpaired) electrons. The third-order valence-electron chi connectivity index (χ3n) is 7.17. The van der Waals surface area contributed by atoms with Gasteiger partial charge in [-0.2, -0.15) is 4.31 Å². The summed E-state index contributed by atoms with van der Waals surface area (Å²) in [6.07, 6.45) is 5.93. The Hall–Kier alpha value is -2.71. The summed E-state index contributed by atoms with van der Waals surface area (Å²) in [5, 5.41) is 2.89. The number of piperidine rings is 2. The molecule has 2 aromatic rings. The molecule has 2 aliphatic rings. The number of nitrogens with one attached hydrogen (secondary N) is 1. The first kappa shape index (κ1) is 25.4. The molecule has 2 heterocycles. The van der Waals surface area contributed by atoms with Crippen LogP contribution in [0.2, 0.25) is 0 Å². The monoisotopic (exact) mass is 497 g/mol. The number of likely N-dealkylation sites (tertiary alicyclic amines) is 1. The Bertz CT molecular complexity index is 1220. The molecule has 1 atom stereocenters. The minimum absolute atomic E-state index is 0.0178. The molecule has 35 heavy (non-hydrogen) atoms. The van der Waals surface area contributed by atoms with E-state index in [1.807, 2.05) is 11.8 Å². The molecule has 2 aromatic carbocycles. The van der Waals surface area contributed by atoms with Crippen molar-refractivity contribution < 1.29 is 18.0 Å². The summed E-state index contributed by atoms with van der Waals surface area (Å²) in [5.74, 6) is -0.365. The Morgan fingerprint density at radius 1 is 0.857 bits per heavy atom. The molecular formula is C27H35N3O4S. The number of nitrogens with zero attached hydrogens (tertiary/aromatic N) is 2. The molecule has 0 saturated carbocycles. The van der Waals surface area contributed by atoms with Gasteiger partial charge in [-0.3, -0.25) is 9.59 Å². The number of sulfonamides is 1. The van der Waals surface area contributed by atoms with E-state index in [2.05, 4.69) is 12.2 Å². The van der Waals surface area contributed by atoms with Crippen LogP contribution in [0.1, 0.15) is 77.3 Å². The molecule has 1 unspecified atom stereocenters. The van der Waals surface area contributed by atoms with Gasteiger partial charge in [-0.1, -0.05) is 12.5 Å². The summed E-state index contributed by atoms with van der Waals surface area (Å²) in [7, 11) is -3.65. The van der Waals surface area contributed by atoms with Crippen molar-refractivity contribution in [2.24, 2.45) is 0 Å². The highest BCUT2D eigenvalue weighted by molar-refractivity contribution is 7.89. The summed E-state index contributed by atoms with van der Waals surface area (Å²) in [4.78, 5) is 28.1. The van der Waals surface area contributed by atoms with Crippen molar-refractivity contribution in [2.45, 2.75) is 70.2 Å². The molecule has 4 rings (SSSR count). The van der Waals surface area contributed by atoms with Crippen LogP contribution in [0.3, 0.4) is 0 Å². The van der Waals surface area contributed by atoms with E-state index < -0.39 is 10.0 Å². The lowest BCUT2D eigenvalue weighted by atomic mass is 10.0. The van der Waals surface area contributed by atoms with E-state index in [4.69, 9.17) is 0 Å². The van der Waals surface area contributed by atoms with Crippen molar-refractivity contribution in [1.29, 1.82) is 0 Å². The third-order valence-corrected chi connectivity index (χ3v) is 9.21. The number of aryl methyl sites for hydroxylation is 2. The molecule has 0 aromatic heterocycles. The van der Waals surface area contributed by atoms with Gasteiger partial charge >= 0.3 is 0 Å². The van der Waals surface area contributed by atoms with Crippen LogP contribution in [-0.4, -0.2) is 55.1 Å². The Labute approximate surface area is 208 Å². The maximum atomic E-state index is 13.2. The van der Waals surface area contributed by atoms with Crippen LogP contribution >= 0.6 is 0 Å². The van der Waals surface area contributed by atoms with Gasteiger partial charge in [0.05, 0.1) is 4.90 Å². The maximum Gasteiger partial charge on any atom is 0.255 e. The molecule has 0 aliphatic carbocycles. The number of rotatable bonds is 5. The predicted molar refractivity (Wildman–Crippen MR) is 137 cm³/mol. The Morgan fingerprint density at radius 2 is 1.54 bits per heavy atom. The van der Waals surface area contributed by atoms with Crippen LogP contribution in [0.25, 0.3) is 0 Å². The molecule has 188 valence electrons. The van der Waals surface area contributed by atoms with E-state index in [1.54, 1.807) is 37.3 Å². The Morgan fingerprint density at radius 3 is 2.23 bits per heavy atom. The fraction of sp³-hybridized carbons (Fsp3) is 0.481. The molecule has 1 N–H and O–H groups in total. The minimum atomic E-state index is -3.65. The second-order valence-corrected chi connectivity index (χ2v) is 11.7.